The second-order valence-electron chi connectivity index (χ2n) is 3.36. The third kappa shape index (κ3) is 2.35. The molecule has 0 bridgehead atoms. The summed E-state index contributed by atoms with van der Waals surface area (Å²) in [4.78, 5) is 13.1. The van der Waals surface area contributed by atoms with Crippen LogP contribution in [0.25, 0.3) is 10.4 Å². The lowest BCUT2D eigenvalue weighted by molar-refractivity contribution is -0.152. The van der Waals surface area contributed by atoms with Crippen molar-refractivity contribution in [3.8, 4) is 0 Å². The summed E-state index contributed by atoms with van der Waals surface area (Å²) in [7, 11) is 0. The Morgan fingerprint density at radius 2 is 2.43 bits per heavy atom. The summed E-state index contributed by atoms with van der Waals surface area (Å²) in [5.41, 5.74) is 8.17. The van der Waals surface area contributed by atoms with Crippen LogP contribution >= 0.6 is 0 Å². The van der Waals surface area contributed by atoms with Gasteiger partial charge in [0.25, 0.3) is 0 Å². The first-order chi connectivity index (χ1) is 6.46. The van der Waals surface area contributed by atoms with E-state index in [1.807, 2.05) is 0 Å². The molecule has 1 aliphatic rings. The van der Waals surface area contributed by atoms with Gasteiger partial charge in [0, 0.05) is 4.91 Å². The minimum Gasteiger partial charge on any atom is -0.481 e. The zero-order valence-electron chi connectivity index (χ0n) is 7.88. The van der Waals surface area contributed by atoms with Gasteiger partial charge in [0.15, 0.2) is 11.8 Å². The van der Waals surface area contributed by atoms with Crippen molar-refractivity contribution in [2.24, 2.45) is 5.11 Å². The second-order valence-corrected chi connectivity index (χ2v) is 3.36. The maximum absolute atomic E-state index is 10.7. The number of hydrogen-bond acceptors (Lipinski definition) is 4. The molecule has 1 heterocycles. The number of azide groups is 1. The van der Waals surface area contributed by atoms with Crippen LogP contribution in [0.2, 0.25) is 0 Å². The first-order valence-corrected chi connectivity index (χ1v) is 4.05. The molecular weight excluding hydrogens is 190 g/mol. The standard InChI is InChI=1S/C7H11N3O4/c1-7(2)13-3-4(14-7)5(6(11)12)9-10-8/h4-5H,3H2,1-2H3,(H,11,12)/t4-,5+/m0/s1. The summed E-state index contributed by atoms with van der Waals surface area (Å²) in [6.07, 6.45) is -0.724. The lowest BCUT2D eigenvalue weighted by atomic mass is 10.2. The quantitative estimate of drug-likeness (QED) is 0.416. The van der Waals surface area contributed by atoms with E-state index in [4.69, 9.17) is 20.1 Å². The molecule has 1 rings (SSSR count). The van der Waals surface area contributed by atoms with Crippen molar-refractivity contribution in [3.63, 3.8) is 0 Å². The van der Waals surface area contributed by atoms with Gasteiger partial charge in [0.05, 0.1) is 6.61 Å². The van der Waals surface area contributed by atoms with Crippen LogP contribution in [0, 0.1) is 0 Å². The van der Waals surface area contributed by atoms with Gasteiger partial charge in [-0.3, -0.25) is 4.79 Å². The Labute approximate surface area is 80.2 Å². The van der Waals surface area contributed by atoms with E-state index in [0.717, 1.165) is 0 Å². The van der Waals surface area contributed by atoms with Crippen LogP contribution in [0.5, 0.6) is 0 Å². The average molecular weight is 201 g/mol. The van der Waals surface area contributed by atoms with Gasteiger partial charge in [-0.2, -0.15) is 0 Å². The molecule has 14 heavy (non-hydrogen) atoms. The number of nitrogens with zero attached hydrogens (tertiary/aromatic N) is 3. The van der Waals surface area contributed by atoms with Gasteiger partial charge in [-0.05, 0) is 19.4 Å². The largest absolute Gasteiger partial charge is 0.481 e. The van der Waals surface area contributed by atoms with E-state index in [9.17, 15) is 4.79 Å². The Bertz CT molecular complexity index is 283. The highest BCUT2D eigenvalue weighted by atomic mass is 16.7. The van der Waals surface area contributed by atoms with E-state index >= 15 is 0 Å². The van der Waals surface area contributed by atoms with Crippen LogP contribution in [-0.2, 0) is 14.3 Å². The number of carboxylic acid groups (broad SMARTS) is 1. The first kappa shape index (κ1) is 10.8. The van der Waals surface area contributed by atoms with Crippen LogP contribution in [0.4, 0.5) is 0 Å². The number of aliphatic carboxylic acids is 1. The predicted octanol–water partition coefficient (Wildman–Crippen LogP) is 0.901. The van der Waals surface area contributed by atoms with E-state index in [0.29, 0.717) is 0 Å². The number of carbonyl (C=O) groups is 1. The van der Waals surface area contributed by atoms with Crippen molar-refractivity contribution < 1.29 is 19.4 Å². The van der Waals surface area contributed by atoms with E-state index in [1.54, 1.807) is 13.8 Å². The molecule has 0 spiro atoms. The Kier molecular flexibility index (Phi) is 2.95. The summed E-state index contributed by atoms with van der Waals surface area (Å²) < 4.78 is 10.4. The predicted molar refractivity (Wildman–Crippen MR) is 45.5 cm³/mol. The molecule has 0 aromatic carbocycles. The molecule has 0 aromatic heterocycles. The van der Waals surface area contributed by atoms with Crippen molar-refractivity contribution >= 4 is 5.97 Å². The van der Waals surface area contributed by atoms with Gasteiger partial charge in [0.1, 0.15) is 6.10 Å². The highest BCUT2D eigenvalue weighted by molar-refractivity contribution is 5.74. The Morgan fingerprint density at radius 3 is 2.79 bits per heavy atom. The van der Waals surface area contributed by atoms with Crippen LogP contribution < -0.4 is 0 Å². The fraction of sp³-hybridized carbons (Fsp3) is 0.857. The van der Waals surface area contributed by atoms with Crippen molar-refractivity contribution in [2.75, 3.05) is 6.61 Å². The topological polar surface area (TPSA) is 105 Å². The maximum atomic E-state index is 10.7. The maximum Gasteiger partial charge on any atom is 0.315 e. The van der Waals surface area contributed by atoms with E-state index in [2.05, 4.69) is 10.0 Å². The number of ether oxygens (including phenoxy) is 2. The van der Waals surface area contributed by atoms with Gasteiger partial charge in [-0.1, -0.05) is 5.11 Å². The summed E-state index contributed by atoms with van der Waals surface area (Å²) in [6, 6.07) is -1.23. The van der Waals surface area contributed by atoms with Crippen LogP contribution in [0.3, 0.4) is 0 Å². The molecule has 0 radical (unpaired) electrons. The fourth-order valence-electron chi connectivity index (χ4n) is 1.21. The van der Waals surface area contributed by atoms with Crippen LogP contribution in [-0.4, -0.2) is 35.6 Å². The molecule has 1 fully saturated rings. The summed E-state index contributed by atoms with van der Waals surface area (Å²) >= 11 is 0. The molecule has 0 unspecified atom stereocenters. The molecule has 78 valence electrons. The molecule has 2 atom stereocenters. The molecule has 0 amide bonds. The molecule has 1 saturated heterocycles. The van der Waals surface area contributed by atoms with Crippen molar-refractivity contribution in [1.82, 2.24) is 0 Å². The normalized spacial score (nSPS) is 26.6. The average Bonchev–Trinajstić information content (AvgIpc) is 2.41. The zero-order valence-corrected chi connectivity index (χ0v) is 7.88. The van der Waals surface area contributed by atoms with Gasteiger partial charge >= 0.3 is 5.97 Å². The molecule has 1 aliphatic heterocycles. The second kappa shape index (κ2) is 3.83. The van der Waals surface area contributed by atoms with Gasteiger partial charge in [0.2, 0.25) is 0 Å². The molecule has 7 nitrogen and oxygen atoms in total. The van der Waals surface area contributed by atoms with Gasteiger partial charge in [-0.15, -0.1) is 0 Å². The number of hydrogen-bond donors (Lipinski definition) is 1. The SMILES string of the molecule is CC1(C)OC[C@@H]([C@@H](N=[N+]=[N-])C(=O)O)O1. The molecule has 0 saturated carbocycles. The molecule has 0 aromatic rings. The highest BCUT2D eigenvalue weighted by Crippen LogP contribution is 2.25. The zero-order chi connectivity index (χ0) is 10.8. The van der Waals surface area contributed by atoms with Crippen molar-refractivity contribution in [1.29, 1.82) is 0 Å². The minimum atomic E-state index is -1.23. The smallest absolute Gasteiger partial charge is 0.315 e. The molecule has 0 aliphatic carbocycles. The van der Waals surface area contributed by atoms with E-state index in [-0.39, 0.29) is 6.61 Å². The van der Waals surface area contributed by atoms with Gasteiger partial charge < -0.3 is 14.6 Å². The molecule has 7 heteroatoms. The highest BCUT2D eigenvalue weighted by Gasteiger charge is 2.40. The Hall–Kier alpha value is -1.30. The van der Waals surface area contributed by atoms with E-state index < -0.39 is 23.9 Å². The first-order valence-electron chi connectivity index (χ1n) is 4.05. The van der Waals surface area contributed by atoms with E-state index in [1.165, 1.54) is 0 Å². The Morgan fingerprint density at radius 1 is 1.79 bits per heavy atom. The lowest BCUT2D eigenvalue weighted by Gasteiger charge is -2.18. The third-order valence-electron chi connectivity index (χ3n) is 1.81. The number of carboxylic acids is 1. The van der Waals surface area contributed by atoms with Crippen molar-refractivity contribution in [2.45, 2.75) is 31.8 Å². The lowest BCUT2D eigenvalue weighted by Crippen LogP contribution is -2.35. The van der Waals surface area contributed by atoms with Crippen LogP contribution in [0.15, 0.2) is 5.11 Å². The number of rotatable bonds is 3. The summed E-state index contributed by atoms with van der Waals surface area (Å²) in [5.74, 6) is -2.03. The fourth-order valence-corrected chi connectivity index (χ4v) is 1.21. The summed E-state index contributed by atoms with van der Waals surface area (Å²) in [6.45, 7) is 3.45. The van der Waals surface area contributed by atoms with Gasteiger partial charge in [-0.25, -0.2) is 0 Å². The summed E-state index contributed by atoms with van der Waals surface area (Å²) in [5, 5.41) is 11.9. The van der Waals surface area contributed by atoms with Crippen molar-refractivity contribution in [3.05, 3.63) is 10.4 Å². The Balaban J connectivity index is 2.72. The molecule has 1 N–H and O–H groups in total. The van der Waals surface area contributed by atoms with Crippen LogP contribution in [0.1, 0.15) is 13.8 Å². The monoisotopic (exact) mass is 201 g/mol. The third-order valence-corrected chi connectivity index (χ3v) is 1.81. The molecular formula is C7H11N3O4. The minimum absolute atomic E-state index is 0.114.